The van der Waals surface area contributed by atoms with Gasteiger partial charge in [-0.3, -0.25) is 0 Å². The van der Waals surface area contributed by atoms with Crippen molar-refractivity contribution in [3.8, 4) is 0 Å². The van der Waals surface area contributed by atoms with Crippen molar-refractivity contribution < 1.29 is 4.79 Å². The smallest absolute Gasteiger partial charge is 0.317 e. The van der Waals surface area contributed by atoms with E-state index in [0.717, 1.165) is 39.0 Å². The Balaban J connectivity index is 1.18. The van der Waals surface area contributed by atoms with Crippen LogP contribution in [0.4, 0.5) is 9.80 Å². The van der Waals surface area contributed by atoms with Crippen LogP contribution in [0.1, 0.15) is 32.1 Å². The van der Waals surface area contributed by atoms with Crippen molar-refractivity contribution in [1.29, 1.82) is 0 Å². The van der Waals surface area contributed by atoms with Crippen LogP contribution in [-0.2, 0) is 0 Å². The number of carbonyl (C=O) groups is 1. The Morgan fingerprint density at radius 2 is 1.79 bits per heavy atom. The van der Waals surface area contributed by atoms with Gasteiger partial charge in [-0.2, -0.15) is 0 Å². The number of nitrogens with zero attached hydrogens (tertiary/aromatic N) is 3. The Morgan fingerprint density at radius 1 is 1.04 bits per heavy atom. The second-order valence-electron chi connectivity index (χ2n) is 7.29. The predicted octanol–water partition coefficient (Wildman–Crippen LogP) is 2.60. The minimum Gasteiger partial charge on any atom is -0.360 e. The molecular formula is C18H28N4OS. The van der Waals surface area contributed by atoms with Crippen molar-refractivity contribution in [2.45, 2.75) is 44.2 Å². The van der Waals surface area contributed by atoms with E-state index in [1.165, 1.54) is 37.4 Å². The molecule has 3 fully saturated rings. The number of urea groups is 1. The molecule has 1 N–H and O–H groups in total. The fraction of sp³-hybridized carbons (Fsp3) is 0.722. The van der Waals surface area contributed by atoms with Gasteiger partial charge in [0, 0.05) is 38.3 Å². The van der Waals surface area contributed by atoms with Crippen LogP contribution in [0.25, 0.3) is 0 Å². The highest BCUT2D eigenvalue weighted by Gasteiger charge is 2.35. The summed E-state index contributed by atoms with van der Waals surface area (Å²) < 4.78 is 0. The Morgan fingerprint density at radius 3 is 2.46 bits per heavy atom. The Labute approximate surface area is 148 Å². The monoisotopic (exact) mass is 348 g/mol. The summed E-state index contributed by atoms with van der Waals surface area (Å²) in [6.45, 7) is 6.05. The zero-order chi connectivity index (χ0) is 16.4. The maximum absolute atomic E-state index is 12.5. The highest BCUT2D eigenvalue weighted by Crippen LogP contribution is 2.28. The highest BCUT2D eigenvalue weighted by molar-refractivity contribution is 7.14. The molecular weight excluding hydrogens is 320 g/mol. The van der Waals surface area contributed by atoms with E-state index in [2.05, 4.69) is 32.6 Å². The van der Waals surface area contributed by atoms with Gasteiger partial charge >= 0.3 is 6.03 Å². The van der Waals surface area contributed by atoms with Crippen LogP contribution >= 0.6 is 11.3 Å². The first-order valence-electron chi connectivity index (χ1n) is 9.37. The van der Waals surface area contributed by atoms with Gasteiger partial charge in [-0.25, -0.2) is 4.79 Å². The third-order valence-corrected chi connectivity index (χ3v) is 6.66. The number of amides is 2. The zero-order valence-electron chi connectivity index (χ0n) is 14.3. The van der Waals surface area contributed by atoms with Crippen LogP contribution in [0.5, 0.6) is 0 Å². The fourth-order valence-corrected chi connectivity index (χ4v) is 4.92. The van der Waals surface area contributed by atoms with Gasteiger partial charge in [-0.1, -0.05) is 6.42 Å². The summed E-state index contributed by atoms with van der Waals surface area (Å²) in [7, 11) is 0. The quantitative estimate of drug-likeness (QED) is 0.913. The second-order valence-corrected chi connectivity index (χ2v) is 8.22. The van der Waals surface area contributed by atoms with Crippen molar-refractivity contribution in [2.24, 2.45) is 0 Å². The second kappa shape index (κ2) is 7.31. The summed E-state index contributed by atoms with van der Waals surface area (Å²) >= 11 is 1.78. The molecule has 1 saturated carbocycles. The van der Waals surface area contributed by atoms with Crippen LogP contribution in [0.15, 0.2) is 17.5 Å². The lowest BCUT2D eigenvalue weighted by Gasteiger charge is -2.45. The molecule has 1 aliphatic carbocycles. The molecule has 2 amide bonds. The molecule has 3 heterocycles. The lowest BCUT2D eigenvalue weighted by Crippen LogP contribution is -2.59. The molecule has 4 rings (SSSR count). The van der Waals surface area contributed by atoms with Gasteiger partial charge in [0.05, 0.1) is 5.00 Å². The number of likely N-dealkylation sites (tertiary alicyclic amines) is 1. The molecule has 0 spiro atoms. The molecule has 0 atom stereocenters. The third-order valence-electron chi connectivity index (χ3n) is 5.73. The van der Waals surface area contributed by atoms with E-state index in [9.17, 15) is 4.79 Å². The summed E-state index contributed by atoms with van der Waals surface area (Å²) in [6, 6.07) is 5.50. The SMILES string of the molecule is O=C(NC1CC(N2CCCCC2)C1)N1CCN(c2cccs2)CC1. The third kappa shape index (κ3) is 3.54. The van der Waals surface area contributed by atoms with E-state index in [0.29, 0.717) is 12.1 Å². The normalized spacial score (nSPS) is 28.5. The first-order valence-corrected chi connectivity index (χ1v) is 10.3. The van der Waals surface area contributed by atoms with E-state index >= 15 is 0 Å². The molecule has 6 heteroatoms. The average molecular weight is 349 g/mol. The van der Waals surface area contributed by atoms with Crippen molar-refractivity contribution >= 4 is 22.4 Å². The summed E-state index contributed by atoms with van der Waals surface area (Å²) in [5, 5.41) is 6.68. The van der Waals surface area contributed by atoms with Crippen molar-refractivity contribution in [3.05, 3.63) is 17.5 Å². The number of rotatable bonds is 3. The number of carbonyl (C=O) groups excluding carboxylic acids is 1. The number of thiophene rings is 1. The number of piperidine rings is 1. The number of nitrogens with one attached hydrogen (secondary N) is 1. The van der Waals surface area contributed by atoms with Gasteiger partial charge in [0.1, 0.15) is 0 Å². The number of piperazine rings is 1. The Kier molecular flexibility index (Phi) is 4.94. The maximum Gasteiger partial charge on any atom is 0.317 e. The van der Waals surface area contributed by atoms with Gasteiger partial charge in [0.15, 0.2) is 0 Å². The molecule has 1 aromatic rings. The van der Waals surface area contributed by atoms with Crippen molar-refractivity contribution in [2.75, 3.05) is 44.2 Å². The molecule has 5 nitrogen and oxygen atoms in total. The van der Waals surface area contributed by atoms with Gasteiger partial charge in [0.2, 0.25) is 0 Å². The number of anilines is 1. The molecule has 0 unspecified atom stereocenters. The number of hydrogen-bond donors (Lipinski definition) is 1. The minimum absolute atomic E-state index is 0.142. The van der Waals surface area contributed by atoms with Crippen molar-refractivity contribution in [3.63, 3.8) is 0 Å². The summed E-state index contributed by atoms with van der Waals surface area (Å²) in [5.74, 6) is 0. The van der Waals surface area contributed by atoms with E-state index in [1.54, 1.807) is 11.3 Å². The standard InChI is InChI=1S/C18H28N4OS/c23-18(19-15-13-16(14-15)20-6-2-1-3-7-20)22-10-8-21(9-11-22)17-5-4-12-24-17/h4-5,12,15-16H,1-3,6-11,13-14H2,(H,19,23). The molecule has 1 aromatic heterocycles. The van der Waals surface area contributed by atoms with Crippen LogP contribution < -0.4 is 10.2 Å². The molecule has 0 bridgehead atoms. The summed E-state index contributed by atoms with van der Waals surface area (Å²) in [4.78, 5) is 19.5. The molecule has 24 heavy (non-hydrogen) atoms. The minimum atomic E-state index is 0.142. The van der Waals surface area contributed by atoms with Crippen LogP contribution in [-0.4, -0.2) is 67.2 Å². The molecule has 0 aromatic carbocycles. The highest BCUT2D eigenvalue weighted by atomic mass is 32.1. The lowest BCUT2D eigenvalue weighted by molar-refractivity contribution is 0.0783. The number of hydrogen-bond acceptors (Lipinski definition) is 4. The zero-order valence-corrected chi connectivity index (χ0v) is 15.1. The molecule has 0 radical (unpaired) electrons. The molecule has 2 saturated heterocycles. The van der Waals surface area contributed by atoms with Gasteiger partial charge in [0.25, 0.3) is 0 Å². The molecule has 3 aliphatic rings. The van der Waals surface area contributed by atoms with E-state index < -0.39 is 0 Å². The Bertz CT molecular complexity index is 529. The largest absolute Gasteiger partial charge is 0.360 e. The summed E-state index contributed by atoms with van der Waals surface area (Å²) in [6.07, 6.45) is 6.37. The molecule has 132 valence electrons. The van der Waals surface area contributed by atoms with Gasteiger partial charge < -0.3 is 20.0 Å². The van der Waals surface area contributed by atoms with Crippen LogP contribution in [0, 0.1) is 0 Å². The van der Waals surface area contributed by atoms with Crippen LogP contribution in [0.3, 0.4) is 0 Å². The fourth-order valence-electron chi connectivity index (χ4n) is 4.13. The van der Waals surface area contributed by atoms with Gasteiger partial charge in [-0.05, 0) is 56.3 Å². The lowest BCUT2D eigenvalue weighted by atomic mass is 9.84. The maximum atomic E-state index is 12.5. The van der Waals surface area contributed by atoms with E-state index in [4.69, 9.17) is 0 Å². The predicted molar refractivity (Wildman–Crippen MR) is 98.9 cm³/mol. The van der Waals surface area contributed by atoms with E-state index in [1.807, 2.05) is 4.90 Å². The summed E-state index contributed by atoms with van der Waals surface area (Å²) in [5.41, 5.74) is 0. The average Bonchev–Trinajstić information content (AvgIpc) is 3.13. The van der Waals surface area contributed by atoms with Gasteiger partial charge in [-0.15, -0.1) is 11.3 Å². The first kappa shape index (κ1) is 16.2. The van der Waals surface area contributed by atoms with Crippen LogP contribution in [0.2, 0.25) is 0 Å². The topological polar surface area (TPSA) is 38.8 Å². The van der Waals surface area contributed by atoms with E-state index in [-0.39, 0.29) is 6.03 Å². The van der Waals surface area contributed by atoms with Crippen molar-refractivity contribution in [1.82, 2.24) is 15.1 Å². The first-order chi connectivity index (χ1) is 11.8. The molecule has 2 aliphatic heterocycles. The Hall–Kier alpha value is -1.27.